The molecule has 0 saturated heterocycles. The Labute approximate surface area is 113 Å². The first-order valence-electron chi connectivity index (χ1n) is 6.41. The zero-order chi connectivity index (χ0) is 13.4. The molecule has 0 saturated carbocycles. The van der Waals surface area contributed by atoms with Crippen LogP contribution in [0.2, 0.25) is 0 Å². The predicted octanol–water partition coefficient (Wildman–Crippen LogP) is 4.47. The number of anilines is 1. The average molecular weight is 251 g/mol. The molecule has 0 N–H and O–H groups in total. The van der Waals surface area contributed by atoms with E-state index in [4.69, 9.17) is 4.42 Å². The van der Waals surface area contributed by atoms with E-state index in [0.717, 1.165) is 28.0 Å². The molecule has 0 radical (unpaired) electrons. The summed E-state index contributed by atoms with van der Waals surface area (Å²) in [7, 11) is 4.07. The van der Waals surface area contributed by atoms with E-state index < -0.39 is 0 Å². The van der Waals surface area contributed by atoms with Crippen molar-refractivity contribution in [1.82, 2.24) is 0 Å². The molecule has 3 rings (SSSR count). The minimum Gasteiger partial charge on any atom is -0.456 e. The number of hydrogen-bond acceptors (Lipinski definition) is 2. The predicted molar refractivity (Wildman–Crippen MR) is 80.7 cm³/mol. The number of benzene rings is 2. The molecule has 1 aromatic heterocycles. The molecule has 0 bridgehead atoms. The van der Waals surface area contributed by atoms with Crippen molar-refractivity contribution in [2.24, 2.45) is 0 Å². The van der Waals surface area contributed by atoms with Gasteiger partial charge in [0, 0.05) is 36.8 Å². The van der Waals surface area contributed by atoms with E-state index in [0.29, 0.717) is 0 Å². The molecule has 0 aliphatic heterocycles. The van der Waals surface area contributed by atoms with Crippen LogP contribution in [0.4, 0.5) is 5.69 Å². The van der Waals surface area contributed by atoms with Gasteiger partial charge in [-0.25, -0.2) is 0 Å². The zero-order valence-electron chi connectivity index (χ0n) is 11.5. The summed E-state index contributed by atoms with van der Waals surface area (Å²) in [6.45, 7) is 2.09. The molecule has 2 heteroatoms. The molecule has 1 heterocycles. The van der Waals surface area contributed by atoms with Gasteiger partial charge >= 0.3 is 0 Å². The minimum absolute atomic E-state index is 0.922. The summed E-state index contributed by atoms with van der Waals surface area (Å²) in [6.07, 6.45) is 0. The van der Waals surface area contributed by atoms with Gasteiger partial charge in [0.15, 0.2) is 0 Å². The van der Waals surface area contributed by atoms with Crippen LogP contribution in [0.25, 0.3) is 22.3 Å². The third kappa shape index (κ3) is 2.22. The van der Waals surface area contributed by atoms with Gasteiger partial charge in [-0.15, -0.1) is 0 Å². The Bertz CT molecular complexity index is 708. The molecule has 0 spiro atoms. The second kappa shape index (κ2) is 4.47. The molecule has 3 aromatic rings. The van der Waals surface area contributed by atoms with Crippen LogP contribution in [0.5, 0.6) is 0 Å². The smallest absolute Gasteiger partial charge is 0.136 e. The maximum absolute atomic E-state index is 5.96. The van der Waals surface area contributed by atoms with Gasteiger partial charge in [0.25, 0.3) is 0 Å². The van der Waals surface area contributed by atoms with E-state index in [-0.39, 0.29) is 0 Å². The van der Waals surface area contributed by atoms with Crippen LogP contribution in [0.15, 0.2) is 52.9 Å². The number of nitrogens with zero attached hydrogens (tertiary/aromatic N) is 1. The molecule has 19 heavy (non-hydrogen) atoms. The largest absolute Gasteiger partial charge is 0.456 e. The van der Waals surface area contributed by atoms with Gasteiger partial charge in [0.05, 0.1) is 0 Å². The SMILES string of the molecule is Cc1ccc(-c2cc3ccc(N(C)C)cc3o2)cc1. The van der Waals surface area contributed by atoms with Crippen LogP contribution in [0, 0.1) is 6.92 Å². The van der Waals surface area contributed by atoms with Gasteiger partial charge in [-0.2, -0.15) is 0 Å². The summed E-state index contributed by atoms with van der Waals surface area (Å²) in [6, 6.07) is 16.8. The fraction of sp³-hybridized carbons (Fsp3) is 0.176. The molecule has 96 valence electrons. The number of fused-ring (bicyclic) bond motifs is 1. The Morgan fingerprint density at radius 2 is 1.63 bits per heavy atom. The second-order valence-corrected chi connectivity index (χ2v) is 5.09. The van der Waals surface area contributed by atoms with Crippen molar-refractivity contribution in [2.45, 2.75) is 6.92 Å². The van der Waals surface area contributed by atoms with Crippen LogP contribution in [-0.2, 0) is 0 Å². The van der Waals surface area contributed by atoms with Crippen molar-refractivity contribution in [2.75, 3.05) is 19.0 Å². The highest BCUT2D eigenvalue weighted by Gasteiger charge is 2.07. The van der Waals surface area contributed by atoms with E-state index >= 15 is 0 Å². The van der Waals surface area contributed by atoms with Crippen molar-refractivity contribution in [3.8, 4) is 11.3 Å². The Hall–Kier alpha value is -2.22. The number of furan rings is 1. The number of hydrogen-bond donors (Lipinski definition) is 0. The number of rotatable bonds is 2. The summed E-state index contributed by atoms with van der Waals surface area (Å²) in [4.78, 5) is 2.08. The van der Waals surface area contributed by atoms with Gasteiger partial charge in [0.2, 0.25) is 0 Å². The molecule has 0 aliphatic rings. The Kier molecular flexibility index (Phi) is 2.79. The summed E-state index contributed by atoms with van der Waals surface area (Å²) < 4.78 is 5.96. The summed E-state index contributed by atoms with van der Waals surface area (Å²) in [5, 5.41) is 1.14. The fourth-order valence-corrected chi connectivity index (χ4v) is 2.16. The summed E-state index contributed by atoms with van der Waals surface area (Å²) >= 11 is 0. The molecule has 0 fully saturated rings. The Balaban J connectivity index is 2.08. The zero-order valence-corrected chi connectivity index (χ0v) is 11.5. The van der Waals surface area contributed by atoms with Crippen LogP contribution in [-0.4, -0.2) is 14.1 Å². The lowest BCUT2D eigenvalue weighted by Crippen LogP contribution is -2.07. The van der Waals surface area contributed by atoms with E-state index in [2.05, 4.69) is 60.4 Å². The van der Waals surface area contributed by atoms with Gasteiger partial charge in [-0.1, -0.05) is 29.8 Å². The van der Waals surface area contributed by atoms with Crippen molar-refractivity contribution < 1.29 is 4.42 Å². The lowest BCUT2D eigenvalue weighted by Gasteiger charge is -2.11. The van der Waals surface area contributed by atoms with Gasteiger partial charge in [-0.3, -0.25) is 0 Å². The van der Waals surface area contributed by atoms with Crippen molar-refractivity contribution in [3.63, 3.8) is 0 Å². The molecule has 0 unspecified atom stereocenters. The van der Waals surface area contributed by atoms with Gasteiger partial charge in [0.1, 0.15) is 11.3 Å². The maximum atomic E-state index is 5.96. The average Bonchev–Trinajstić information content (AvgIpc) is 2.82. The first kappa shape index (κ1) is 11.8. The van der Waals surface area contributed by atoms with Crippen molar-refractivity contribution in [3.05, 3.63) is 54.1 Å². The topological polar surface area (TPSA) is 16.4 Å². The molecule has 0 atom stereocenters. The van der Waals surface area contributed by atoms with Crippen molar-refractivity contribution in [1.29, 1.82) is 0 Å². The first-order valence-corrected chi connectivity index (χ1v) is 6.41. The first-order chi connectivity index (χ1) is 9.13. The third-order valence-electron chi connectivity index (χ3n) is 3.36. The minimum atomic E-state index is 0.922. The summed E-state index contributed by atoms with van der Waals surface area (Å²) in [5.41, 5.74) is 4.46. The molecule has 2 nitrogen and oxygen atoms in total. The normalized spacial score (nSPS) is 10.9. The van der Waals surface area contributed by atoms with E-state index in [1.165, 1.54) is 5.56 Å². The molecule has 0 aliphatic carbocycles. The van der Waals surface area contributed by atoms with Crippen LogP contribution < -0.4 is 4.90 Å². The van der Waals surface area contributed by atoms with Gasteiger partial charge in [-0.05, 0) is 25.1 Å². The van der Waals surface area contributed by atoms with Crippen LogP contribution in [0.1, 0.15) is 5.56 Å². The summed E-state index contributed by atoms with van der Waals surface area (Å²) in [5.74, 6) is 0.922. The quantitative estimate of drug-likeness (QED) is 0.668. The molecular weight excluding hydrogens is 234 g/mol. The third-order valence-corrected chi connectivity index (χ3v) is 3.36. The Morgan fingerprint density at radius 1 is 0.895 bits per heavy atom. The lowest BCUT2D eigenvalue weighted by atomic mass is 10.1. The van der Waals surface area contributed by atoms with Crippen LogP contribution >= 0.6 is 0 Å². The van der Waals surface area contributed by atoms with E-state index in [1.807, 2.05) is 14.1 Å². The fourth-order valence-electron chi connectivity index (χ4n) is 2.16. The van der Waals surface area contributed by atoms with Crippen LogP contribution in [0.3, 0.4) is 0 Å². The number of aryl methyl sites for hydroxylation is 1. The van der Waals surface area contributed by atoms with E-state index in [1.54, 1.807) is 0 Å². The van der Waals surface area contributed by atoms with Gasteiger partial charge < -0.3 is 9.32 Å². The highest BCUT2D eigenvalue weighted by Crippen LogP contribution is 2.30. The molecular formula is C17H17NO. The standard InChI is InChI=1S/C17H17NO/c1-12-4-6-13(7-5-12)16-10-14-8-9-15(18(2)3)11-17(14)19-16/h4-11H,1-3H3. The monoisotopic (exact) mass is 251 g/mol. The lowest BCUT2D eigenvalue weighted by molar-refractivity contribution is 0.631. The second-order valence-electron chi connectivity index (χ2n) is 5.09. The van der Waals surface area contributed by atoms with E-state index in [9.17, 15) is 0 Å². The Morgan fingerprint density at radius 3 is 2.32 bits per heavy atom. The van der Waals surface area contributed by atoms with Crippen molar-refractivity contribution >= 4 is 16.7 Å². The molecule has 2 aromatic carbocycles. The maximum Gasteiger partial charge on any atom is 0.136 e. The molecule has 0 amide bonds. The highest BCUT2D eigenvalue weighted by molar-refractivity contribution is 5.85. The highest BCUT2D eigenvalue weighted by atomic mass is 16.3.